The lowest BCUT2D eigenvalue weighted by molar-refractivity contribution is 0.00846. The molecule has 1 unspecified atom stereocenters. The summed E-state index contributed by atoms with van der Waals surface area (Å²) in [5.74, 6) is 1.04. The lowest BCUT2D eigenvalue weighted by atomic mass is 10.0. The molecule has 0 aromatic carbocycles. The second-order valence-corrected chi connectivity index (χ2v) is 6.05. The Balaban J connectivity index is 1.95. The quantitative estimate of drug-likeness (QED) is 0.868. The molecule has 3 saturated heterocycles. The average molecular weight is 289 g/mol. The maximum Gasteiger partial charge on any atom is 0.147 e. The second kappa shape index (κ2) is 6.38. The van der Waals surface area contributed by atoms with Crippen molar-refractivity contribution in [3.05, 3.63) is 22.8 Å². The minimum Gasteiger partial charge on any atom is -0.330 e. The van der Waals surface area contributed by atoms with Crippen LogP contribution in [0.25, 0.3) is 0 Å². The van der Waals surface area contributed by atoms with Crippen LogP contribution >= 0.6 is 0 Å². The van der Waals surface area contributed by atoms with Gasteiger partial charge < -0.3 is 5.73 Å². The molecular formula is C16H27N5. The summed E-state index contributed by atoms with van der Waals surface area (Å²) in [7, 11) is 0. The molecule has 3 aliphatic heterocycles. The van der Waals surface area contributed by atoms with E-state index in [4.69, 9.17) is 15.7 Å². The molecule has 0 radical (unpaired) electrons. The highest BCUT2D eigenvalue weighted by atomic mass is 15.4. The third-order valence-electron chi connectivity index (χ3n) is 4.84. The highest BCUT2D eigenvalue weighted by molar-refractivity contribution is 5.28. The first-order valence-electron chi connectivity index (χ1n) is 8.31. The van der Waals surface area contributed by atoms with Gasteiger partial charge in [0.15, 0.2) is 0 Å². The van der Waals surface area contributed by atoms with Gasteiger partial charge in [-0.1, -0.05) is 13.8 Å². The molecule has 3 fully saturated rings. The van der Waals surface area contributed by atoms with Crippen molar-refractivity contribution in [2.24, 2.45) is 5.73 Å². The van der Waals surface area contributed by atoms with E-state index in [-0.39, 0.29) is 0 Å². The molecule has 21 heavy (non-hydrogen) atoms. The fraction of sp³-hybridized carbons (Fsp3) is 0.750. The van der Waals surface area contributed by atoms with Crippen LogP contribution < -0.4 is 5.73 Å². The van der Waals surface area contributed by atoms with E-state index in [0.717, 1.165) is 44.7 Å². The van der Waals surface area contributed by atoms with Crippen LogP contribution in [0.3, 0.4) is 0 Å². The first-order chi connectivity index (χ1) is 10.3. The van der Waals surface area contributed by atoms with Crippen molar-refractivity contribution in [2.75, 3.05) is 39.3 Å². The molecule has 1 aromatic heterocycles. The fourth-order valence-corrected chi connectivity index (χ4v) is 3.63. The van der Waals surface area contributed by atoms with Crippen molar-refractivity contribution in [1.82, 2.24) is 19.8 Å². The van der Waals surface area contributed by atoms with Crippen LogP contribution in [-0.2, 0) is 19.3 Å². The highest BCUT2D eigenvalue weighted by Gasteiger charge is 2.35. The number of piperazine rings is 3. The average Bonchev–Trinajstić information content (AvgIpc) is 2.56. The summed E-state index contributed by atoms with van der Waals surface area (Å²) in [6, 6.07) is 0.384. The number of rotatable bonds is 5. The van der Waals surface area contributed by atoms with Crippen LogP contribution in [-0.4, -0.2) is 59.0 Å². The highest BCUT2D eigenvalue weighted by Crippen LogP contribution is 2.28. The van der Waals surface area contributed by atoms with Crippen molar-refractivity contribution >= 4 is 0 Å². The third-order valence-corrected chi connectivity index (χ3v) is 4.84. The van der Waals surface area contributed by atoms with Crippen LogP contribution in [0.5, 0.6) is 0 Å². The van der Waals surface area contributed by atoms with Crippen molar-refractivity contribution < 1.29 is 0 Å². The van der Waals surface area contributed by atoms with E-state index in [9.17, 15) is 0 Å². The van der Waals surface area contributed by atoms with Gasteiger partial charge in [0.25, 0.3) is 0 Å². The van der Waals surface area contributed by atoms with Gasteiger partial charge in [-0.15, -0.1) is 0 Å². The zero-order chi connectivity index (χ0) is 14.8. The Labute approximate surface area is 127 Å². The molecule has 0 aliphatic carbocycles. The Bertz CT molecular complexity index is 468. The monoisotopic (exact) mass is 289 g/mol. The van der Waals surface area contributed by atoms with Crippen molar-refractivity contribution in [3.63, 3.8) is 0 Å². The molecule has 0 spiro atoms. The number of hydrogen-bond acceptors (Lipinski definition) is 5. The van der Waals surface area contributed by atoms with Gasteiger partial charge in [0, 0.05) is 44.1 Å². The van der Waals surface area contributed by atoms with E-state index in [1.54, 1.807) is 0 Å². The Morgan fingerprint density at radius 3 is 2.10 bits per heavy atom. The maximum absolute atomic E-state index is 5.77. The molecule has 2 bridgehead atoms. The normalized spacial score (nSPS) is 28.0. The largest absolute Gasteiger partial charge is 0.330 e. The Kier molecular flexibility index (Phi) is 4.52. The predicted octanol–water partition coefficient (Wildman–Crippen LogP) is 0.775. The van der Waals surface area contributed by atoms with Gasteiger partial charge in [-0.25, -0.2) is 9.97 Å². The van der Waals surface area contributed by atoms with Gasteiger partial charge in [0.2, 0.25) is 0 Å². The molecule has 2 N–H and O–H groups in total. The molecule has 0 saturated carbocycles. The Morgan fingerprint density at radius 2 is 1.67 bits per heavy atom. The SMILES string of the molecule is CCc1nc(C2CN3CCN2CC3)nc(CC)c1CCN. The molecule has 5 heteroatoms. The number of nitrogens with zero attached hydrogens (tertiary/aromatic N) is 4. The summed E-state index contributed by atoms with van der Waals surface area (Å²) < 4.78 is 0. The van der Waals surface area contributed by atoms with E-state index in [1.165, 1.54) is 30.0 Å². The third kappa shape index (κ3) is 2.82. The van der Waals surface area contributed by atoms with Crippen LogP contribution in [0.4, 0.5) is 0 Å². The molecule has 4 heterocycles. The summed E-state index contributed by atoms with van der Waals surface area (Å²) in [5, 5.41) is 0. The van der Waals surface area contributed by atoms with Crippen LogP contribution in [0.2, 0.25) is 0 Å². The summed E-state index contributed by atoms with van der Waals surface area (Å²) in [5.41, 5.74) is 9.48. The number of aryl methyl sites for hydroxylation is 2. The topological polar surface area (TPSA) is 58.3 Å². The number of fused-ring (bicyclic) bond motifs is 3. The number of hydrogen-bond donors (Lipinski definition) is 1. The van der Waals surface area contributed by atoms with Gasteiger partial charge in [-0.2, -0.15) is 0 Å². The standard InChI is InChI=1S/C16H27N5/c1-3-13-12(5-6-17)14(4-2)19-16(18-13)15-11-20-7-9-21(15)10-8-20/h15H,3-11,17H2,1-2H3. The second-order valence-electron chi connectivity index (χ2n) is 6.05. The summed E-state index contributed by atoms with van der Waals surface area (Å²) in [6.45, 7) is 10.8. The lowest BCUT2D eigenvalue weighted by Crippen LogP contribution is -2.57. The Hall–Kier alpha value is -1.04. The van der Waals surface area contributed by atoms with Gasteiger partial charge in [-0.05, 0) is 31.4 Å². The minimum absolute atomic E-state index is 0.384. The molecule has 3 aliphatic rings. The van der Waals surface area contributed by atoms with E-state index >= 15 is 0 Å². The van der Waals surface area contributed by atoms with E-state index in [2.05, 4.69) is 23.6 Å². The molecule has 1 atom stereocenters. The van der Waals surface area contributed by atoms with Crippen molar-refractivity contribution in [2.45, 2.75) is 39.2 Å². The molecule has 116 valence electrons. The van der Waals surface area contributed by atoms with Crippen LogP contribution in [0.1, 0.15) is 42.7 Å². The summed E-state index contributed by atoms with van der Waals surface area (Å²) in [4.78, 5) is 14.9. The minimum atomic E-state index is 0.384. The fourth-order valence-electron chi connectivity index (χ4n) is 3.63. The van der Waals surface area contributed by atoms with Gasteiger partial charge in [-0.3, -0.25) is 9.80 Å². The Morgan fingerprint density at radius 1 is 1.05 bits per heavy atom. The maximum atomic E-state index is 5.77. The first-order valence-corrected chi connectivity index (χ1v) is 8.31. The van der Waals surface area contributed by atoms with E-state index in [1.807, 2.05) is 0 Å². The molecule has 5 nitrogen and oxygen atoms in total. The smallest absolute Gasteiger partial charge is 0.147 e. The van der Waals surface area contributed by atoms with Crippen LogP contribution in [0.15, 0.2) is 0 Å². The molecule has 0 amide bonds. The first kappa shape index (κ1) is 14.9. The van der Waals surface area contributed by atoms with E-state index < -0.39 is 0 Å². The lowest BCUT2D eigenvalue weighted by Gasteiger charge is -2.46. The summed E-state index contributed by atoms with van der Waals surface area (Å²) >= 11 is 0. The summed E-state index contributed by atoms with van der Waals surface area (Å²) in [6.07, 6.45) is 2.83. The van der Waals surface area contributed by atoms with Crippen LogP contribution in [0, 0.1) is 0 Å². The zero-order valence-electron chi connectivity index (χ0n) is 13.3. The van der Waals surface area contributed by atoms with Crippen molar-refractivity contribution in [1.29, 1.82) is 0 Å². The molecular weight excluding hydrogens is 262 g/mol. The van der Waals surface area contributed by atoms with E-state index in [0.29, 0.717) is 12.6 Å². The predicted molar refractivity (Wildman–Crippen MR) is 84.3 cm³/mol. The molecule has 1 aromatic rings. The number of aromatic nitrogens is 2. The molecule has 4 rings (SSSR count). The van der Waals surface area contributed by atoms with Gasteiger partial charge >= 0.3 is 0 Å². The van der Waals surface area contributed by atoms with Gasteiger partial charge in [0.05, 0.1) is 6.04 Å². The number of nitrogens with two attached hydrogens (primary N) is 1. The van der Waals surface area contributed by atoms with Gasteiger partial charge in [0.1, 0.15) is 5.82 Å². The van der Waals surface area contributed by atoms with Crippen molar-refractivity contribution in [3.8, 4) is 0 Å². The zero-order valence-corrected chi connectivity index (χ0v) is 13.3.